The van der Waals surface area contributed by atoms with Crippen LogP contribution in [-0.4, -0.2) is 18.9 Å². The molecule has 0 aliphatic rings. The molecule has 0 saturated heterocycles. The first-order valence-corrected chi connectivity index (χ1v) is 14.7. The van der Waals surface area contributed by atoms with Crippen molar-refractivity contribution in [1.82, 2.24) is 0 Å². The topological polar surface area (TPSA) is 43.4 Å². The first-order chi connectivity index (χ1) is 17.2. The van der Waals surface area contributed by atoms with E-state index in [0.29, 0.717) is 6.61 Å². The first kappa shape index (κ1) is 35.5. The molecule has 3 heteroatoms. The minimum absolute atomic E-state index is 0.181. The van der Waals surface area contributed by atoms with Crippen LogP contribution in [0.15, 0.2) is 36.5 Å². The van der Waals surface area contributed by atoms with Crippen LogP contribution in [0.5, 0.6) is 0 Å². The maximum atomic E-state index is 10.5. The van der Waals surface area contributed by atoms with E-state index < -0.39 is 0 Å². The van der Waals surface area contributed by atoms with Crippen molar-refractivity contribution in [3.05, 3.63) is 36.5 Å². The van der Waals surface area contributed by atoms with Crippen molar-refractivity contribution < 1.29 is 14.3 Å². The number of carbonyl (C=O) groups excluding carboxylic acids is 2. The molecule has 0 radical (unpaired) electrons. The molecule has 0 aromatic heterocycles. The number of hydrogen-bond donors (Lipinski definition) is 0. The van der Waals surface area contributed by atoms with Crippen LogP contribution >= 0.6 is 0 Å². The van der Waals surface area contributed by atoms with E-state index in [2.05, 4.69) is 50.3 Å². The highest BCUT2D eigenvalue weighted by molar-refractivity contribution is 5.65. The number of carbonyl (C=O) groups is 2. The summed E-state index contributed by atoms with van der Waals surface area (Å²) in [6.45, 7) is 6.47. The van der Waals surface area contributed by atoms with Gasteiger partial charge in [0.25, 0.3) is 0 Å². The van der Waals surface area contributed by atoms with E-state index in [-0.39, 0.29) is 5.97 Å². The summed E-state index contributed by atoms with van der Waals surface area (Å²) >= 11 is 0. The van der Waals surface area contributed by atoms with Crippen molar-refractivity contribution in [1.29, 1.82) is 0 Å². The van der Waals surface area contributed by atoms with E-state index in [1.807, 2.05) is 0 Å². The second-order valence-electron chi connectivity index (χ2n) is 9.33. The van der Waals surface area contributed by atoms with Crippen LogP contribution in [0.3, 0.4) is 0 Å². The number of hydrogen-bond acceptors (Lipinski definition) is 3. The van der Waals surface area contributed by atoms with Gasteiger partial charge in [-0.3, -0.25) is 4.79 Å². The predicted molar refractivity (Wildman–Crippen MR) is 154 cm³/mol. The van der Waals surface area contributed by atoms with Gasteiger partial charge in [-0.1, -0.05) is 102 Å². The number of aldehydes is 1. The monoisotopic (exact) mass is 490 g/mol. The average Bonchev–Trinajstić information content (AvgIpc) is 2.85. The zero-order valence-electron chi connectivity index (χ0n) is 23.6. The van der Waals surface area contributed by atoms with Gasteiger partial charge in [-0.25, -0.2) is 0 Å². The maximum Gasteiger partial charge on any atom is 0.302 e. The van der Waals surface area contributed by atoms with Crippen LogP contribution in [0.25, 0.3) is 0 Å². The Morgan fingerprint density at radius 2 is 0.943 bits per heavy atom. The highest BCUT2D eigenvalue weighted by Gasteiger charge is 1.92. The molecule has 35 heavy (non-hydrogen) atoms. The average molecular weight is 491 g/mol. The van der Waals surface area contributed by atoms with Gasteiger partial charge in [-0.05, 0) is 70.6 Å². The van der Waals surface area contributed by atoms with Crippen molar-refractivity contribution in [2.75, 3.05) is 6.61 Å². The van der Waals surface area contributed by atoms with Gasteiger partial charge in [0.05, 0.1) is 6.61 Å². The van der Waals surface area contributed by atoms with Gasteiger partial charge in [0.2, 0.25) is 0 Å². The van der Waals surface area contributed by atoms with Gasteiger partial charge in [0.15, 0.2) is 0 Å². The van der Waals surface area contributed by atoms with Crippen LogP contribution in [0.2, 0.25) is 0 Å². The zero-order valence-corrected chi connectivity index (χ0v) is 23.6. The summed E-state index contributed by atoms with van der Waals surface area (Å²) in [5.74, 6) is -0.181. The normalized spacial score (nSPS) is 11.3. The Morgan fingerprint density at radius 1 is 0.514 bits per heavy atom. The Kier molecular flexibility index (Phi) is 35.0. The molecule has 3 nitrogen and oxygen atoms in total. The van der Waals surface area contributed by atoms with Gasteiger partial charge in [-0.2, -0.15) is 0 Å². The fourth-order valence-corrected chi connectivity index (χ4v) is 3.53. The van der Waals surface area contributed by atoms with Gasteiger partial charge in [0, 0.05) is 13.3 Å². The molecule has 204 valence electrons. The highest BCUT2D eigenvalue weighted by atomic mass is 16.5. The summed E-state index contributed by atoms with van der Waals surface area (Å²) in [6.07, 6.45) is 38.9. The SMILES string of the molecule is CCC/C=C\CC/C=C/CCCCOC(C)=O.CCCCCCC/C=C\CCCCCCCC=O. The number of esters is 1. The molecule has 0 aliphatic carbocycles. The molecule has 0 amide bonds. The number of ether oxygens (including phenoxy) is 1. The summed E-state index contributed by atoms with van der Waals surface area (Å²) in [4.78, 5) is 20.6. The van der Waals surface area contributed by atoms with Crippen LogP contribution in [0.4, 0.5) is 0 Å². The van der Waals surface area contributed by atoms with Crippen molar-refractivity contribution >= 4 is 12.3 Å². The molecule has 0 aromatic carbocycles. The second kappa shape index (κ2) is 34.5. The Hall–Kier alpha value is -1.64. The lowest BCUT2D eigenvalue weighted by atomic mass is 10.1. The predicted octanol–water partition coefficient (Wildman–Crippen LogP) is 10.2. The molecule has 0 saturated carbocycles. The van der Waals surface area contributed by atoms with Crippen molar-refractivity contribution in [2.45, 2.75) is 149 Å². The maximum absolute atomic E-state index is 10.5. The van der Waals surface area contributed by atoms with E-state index in [1.165, 1.54) is 90.4 Å². The smallest absolute Gasteiger partial charge is 0.302 e. The summed E-state index contributed by atoms with van der Waals surface area (Å²) in [6, 6.07) is 0. The van der Waals surface area contributed by atoms with Gasteiger partial charge < -0.3 is 9.53 Å². The fourth-order valence-electron chi connectivity index (χ4n) is 3.53. The second-order valence-corrected chi connectivity index (χ2v) is 9.33. The van der Waals surface area contributed by atoms with Crippen LogP contribution < -0.4 is 0 Å². The number of allylic oxidation sites excluding steroid dienone is 6. The van der Waals surface area contributed by atoms with E-state index in [0.717, 1.165) is 51.2 Å². The van der Waals surface area contributed by atoms with Gasteiger partial charge in [0.1, 0.15) is 6.29 Å². The molecular weight excluding hydrogens is 432 g/mol. The summed E-state index contributed by atoms with van der Waals surface area (Å²) < 4.78 is 4.85. The lowest BCUT2D eigenvalue weighted by molar-refractivity contribution is -0.141. The third-order valence-corrected chi connectivity index (χ3v) is 5.69. The van der Waals surface area contributed by atoms with Crippen LogP contribution in [-0.2, 0) is 14.3 Å². The summed E-state index contributed by atoms with van der Waals surface area (Å²) in [5.41, 5.74) is 0. The molecule has 0 atom stereocenters. The summed E-state index contributed by atoms with van der Waals surface area (Å²) in [7, 11) is 0. The van der Waals surface area contributed by atoms with E-state index >= 15 is 0 Å². The molecule has 0 rings (SSSR count). The van der Waals surface area contributed by atoms with Gasteiger partial charge in [-0.15, -0.1) is 0 Å². The molecule has 0 fully saturated rings. The van der Waals surface area contributed by atoms with Crippen molar-refractivity contribution in [3.8, 4) is 0 Å². The highest BCUT2D eigenvalue weighted by Crippen LogP contribution is 2.09. The standard InChI is InChI=1S/C17H32O.C15H26O2/c1-2-3-4-5-6-7-8-9-10-11-12-13-14-15-16-17-18;1-3-4-5-6-7-8-9-10-11-12-13-14-17-15(2)16/h8-9,17H,2-7,10-16H2,1H3;5-6,9-10H,3-4,7-8,11-14H2,1-2H3/b9-8-;6-5-,10-9+. The quantitative estimate of drug-likeness (QED) is 0.0585. The molecule has 0 bridgehead atoms. The lowest BCUT2D eigenvalue weighted by Gasteiger charge is -1.99. The molecule has 0 spiro atoms. The Bertz CT molecular complexity index is 505. The van der Waals surface area contributed by atoms with Crippen LogP contribution in [0, 0.1) is 0 Å². The third-order valence-electron chi connectivity index (χ3n) is 5.69. The molecule has 0 N–H and O–H groups in total. The van der Waals surface area contributed by atoms with Crippen LogP contribution in [0.1, 0.15) is 149 Å². The molecule has 0 heterocycles. The van der Waals surface area contributed by atoms with Crippen molar-refractivity contribution in [2.24, 2.45) is 0 Å². The summed E-state index contributed by atoms with van der Waals surface area (Å²) in [5, 5.41) is 0. The van der Waals surface area contributed by atoms with E-state index in [1.54, 1.807) is 0 Å². The van der Waals surface area contributed by atoms with E-state index in [4.69, 9.17) is 4.74 Å². The number of unbranched alkanes of at least 4 members (excludes halogenated alkanes) is 15. The molecule has 0 unspecified atom stereocenters. The largest absolute Gasteiger partial charge is 0.466 e. The Labute approximate surface area is 218 Å². The van der Waals surface area contributed by atoms with Gasteiger partial charge >= 0.3 is 5.97 Å². The molecule has 0 aliphatic heterocycles. The van der Waals surface area contributed by atoms with Crippen molar-refractivity contribution in [3.63, 3.8) is 0 Å². The molecule has 0 aromatic rings. The third kappa shape index (κ3) is 39.8. The molecular formula is C32H58O3. The number of rotatable bonds is 24. The Morgan fingerprint density at radius 3 is 1.43 bits per heavy atom. The Balaban J connectivity index is 0. The minimum Gasteiger partial charge on any atom is -0.466 e. The van der Waals surface area contributed by atoms with E-state index in [9.17, 15) is 9.59 Å². The zero-order chi connectivity index (χ0) is 26.1. The fraction of sp³-hybridized carbons (Fsp3) is 0.750. The minimum atomic E-state index is -0.181. The first-order valence-electron chi connectivity index (χ1n) is 14.7. The lowest BCUT2D eigenvalue weighted by Crippen LogP contribution is -1.99.